The highest BCUT2D eigenvalue weighted by Gasteiger charge is 2.19. The first-order valence-electron chi connectivity index (χ1n) is 3.24. The fourth-order valence-electron chi connectivity index (χ4n) is 0.793. The van der Waals surface area contributed by atoms with Gasteiger partial charge in [0.25, 0.3) is 6.43 Å². The molecule has 0 fully saturated rings. The molecule has 0 aromatic carbocycles. The number of nitrogens with zero attached hydrogens (tertiary/aromatic N) is 1. The van der Waals surface area contributed by atoms with Gasteiger partial charge in [-0.1, -0.05) is 0 Å². The Labute approximate surface area is 90.6 Å². The van der Waals surface area contributed by atoms with E-state index in [1.165, 1.54) is 13.3 Å². The maximum atomic E-state index is 12.4. The third-order valence-corrected chi connectivity index (χ3v) is 2.86. The summed E-state index contributed by atoms with van der Waals surface area (Å²) in [6.07, 6.45) is -1.23. The van der Waals surface area contributed by atoms with E-state index in [2.05, 4.69) is 36.8 Å². The second-order valence-corrected chi connectivity index (χ2v) is 3.69. The molecule has 2 nitrogen and oxygen atoms in total. The quantitative estimate of drug-likeness (QED) is 0.778. The van der Waals surface area contributed by atoms with Gasteiger partial charge in [0.2, 0.25) is 0 Å². The zero-order valence-electron chi connectivity index (χ0n) is 6.52. The number of ether oxygens (including phenoxy) is 1. The Balaban J connectivity index is 3.30. The number of methoxy groups -OCH3 is 1. The number of pyridine rings is 1. The molecule has 0 N–H and O–H groups in total. The third-order valence-electron chi connectivity index (χ3n) is 1.41. The molecule has 13 heavy (non-hydrogen) atoms. The molecule has 0 aliphatic rings. The molecule has 1 rings (SSSR count). The summed E-state index contributed by atoms with van der Waals surface area (Å²) in [5, 5.41) is 0. The molecule has 0 aliphatic heterocycles. The number of aromatic nitrogens is 1. The van der Waals surface area contributed by atoms with Crippen LogP contribution in [0.25, 0.3) is 0 Å². The van der Waals surface area contributed by atoms with Gasteiger partial charge in [0.1, 0.15) is 4.60 Å². The number of hydrogen-bond donors (Lipinski definition) is 0. The van der Waals surface area contributed by atoms with Crippen LogP contribution < -0.4 is 4.74 Å². The van der Waals surface area contributed by atoms with Crippen LogP contribution in [0.4, 0.5) is 8.78 Å². The van der Waals surface area contributed by atoms with Crippen LogP contribution in [0.5, 0.6) is 5.75 Å². The van der Waals surface area contributed by atoms with Crippen molar-refractivity contribution in [3.8, 4) is 5.75 Å². The highest BCUT2D eigenvalue weighted by molar-refractivity contribution is 9.11. The van der Waals surface area contributed by atoms with Crippen molar-refractivity contribution in [3.63, 3.8) is 0 Å². The van der Waals surface area contributed by atoms with Crippen molar-refractivity contribution in [1.29, 1.82) is 0 Å². The second kappa shape index (κ2) is 4.32. The van der Waals surface area contributed by atoms with E-state index in [-0.39, 0.29) is 14.6 Å². The molecule has 0 unspecified atom stereocenters. The molecule has 0 bridgehead atoms. The van der Waals surface area contributed by atoms with Crippen molar-refractivity contribution in [3.05, 3.63) is 20.8 Å². The van der Waals surface area contributed by atoms with Gasteiger partial charge in [0, 0.05) is 0 Å². The SMILES string of the molecule is COc1cnc(Br)c(C(F)F)c1Br. The molecule has 1 aromatic heterocycles. The molecule has 0 atom stereocenters. The Bertz CT molecular complexity index is 320. The highest BCUT2D eigenvalue weighted by atomic mass is 79.9. The molecule has 0 amide bonds. The number of rotatable bonds is 2. The van der Waals surface area contributed by atoms with Crippen LogP contribution in [-0.2, 0) is 0 Å². The van der Waals surface area contributed by atoms with Crippen molar-refractivity contribution < 1.29 is 13.5 Å². The lowest BCUT2D eigenvalue weighted by Crippen LogP contribution is -1.95. The van der Waals surface area contributed by atoms with Gasteiger partial charge in [-0.15, -0.1) is 0 Å². The van der Waals surface area contributed by atoms with Crippen LogP contribution >= 0.6 is 31.9 Å². The average molecular weight is 317 g/mol. The molecule has 0 spiro atoms. The topological polar surface area (TPSA) is 22.1 Å². The Morgan fingerprint density at radius 2 is 2.08 bits per heavy atom. The van der Waals surface area contributed by atoms with Gasteiger partial charge in [-0.25, -0.2) is 13.8 Å². The van der Waals surface area contributed by atoms with E-state index in [4.69, 9.17) is 4.74 Å². The summed E-state index contributed by atoms with van der Waals surface area (Å²) in [6, 6.07) is 0. The minimum atomic E-state index is -2.59. The largest absolute Gasteiger partial charge is 0.494 e. The van der Waals surface area contributed by atoms with Crippen molar-refractivity contribution in [2.45, 2.75) is 6.43 Å². The fraction of sp³-hybridized carbons (Fsp3) is 0.286. The maximum Gasteiger partial charge on any atom is 0.267 e. The predicted octanol–water partition coefficient (Wildman–Crippen LogP) is 3.55. The van der Waals surface area contributed by atoms with Crippen LogP contribution in [0.15, 0.2) is 15.3 Å². The molecule has 0 saturated heterocycles. The van der Waals surface area contributed by atoms with Crippen molar-refractivity contribution >= 4 is 31.9 Å². The van der Waals surface area contributed by atoms with E-state index in [0.29, 0.717) is 5.75 Å². The number of hydrogen-bond acceptors (Lipinski definition) is 2. The highest BCUT2D eigenvalue weighted by Crippen LogP contribution is 2.37. The summed E-state index contributed by atoms with van der Waals surface area (Å²) >= 11 is 5.95. The van der Waals surface area contributed by atoms with Gasteiger partial charge in [0.05, 0.1) is 23.3 Å². The van der Waals surface area contributed by atoms with Crippen LogP contribution in [-0.4, -0.2) is 12.1 Å². The normalized spacial score (nSPS) is 10.6. The number of halogens is 4. The molecule has 1 heterocycles. The van der Waals surface area contributed by atoms with E-state index in [1.54, 1.807) is 0 Å². The molecule has 0 aliphatic carbocycles. The lowest BCUT2D eigenvalue weighted by Gasteiger charge is -2.08. The molecular formula is C7H5Br2F2NO. The Hall–Kier alpha value is -0.230. The van der Waals surface area contributed by atoms with Crippen LogP contribution in [0, 0.1) is 0 Å². The average Bonchev–Trinajstić information content (AvgIpc) is 2.04. The van der Waals surface area contributed by atoms with Crippen molar-refractivity contribution in [1.82, 2.24) is 4.98 Å². The molecular weight excluding hydrogens is 312 g/mol. The summed E-state index contributed by atoms with van der Waals surface area (Å²) in [4.78, 5) is 3.71. The molecule has 0 saturated carbocycles. The molecule has 0 radical (unpaired) electrons. The van der Waals surface area contributed by atoms with E-state index < -0.39 is 6.43 Å². The van der Waals surface area contributed by atoms with E-state index >= 15 is 0 Å². The third kappa shape index (κ3) is 2.17. The smallest absolute Gasteiger partial charge is 0.267 e. The Morgan fingerprint density at radius 1 is 1.46 bits per heavy atom. The van der Waals surface area contributed by atoms with Crippen LogP contribution in [0.2, 0.25) is 0 Å². The van der Waals surface area contributed by atoms with Gasteiger partial charge >= 0.3 is 0 Å². The van der Waals surface area contributed by atoms with E-state index in [9.17, 15) is 8.78 Å². The number of alkyl halides is 2. The molecule has 1 aromatic rings. The van der Waals surface area contributed by atoms with Crippen molar-refractivity contribution in [2.24, 2.45) is 0 Å². The summed E-state index contributed by atoms with van der Waals surface area (Å²) < 4.78 is 30.1. The first kappa shape index (κ1) is 10.8. The zero-order chi connectivity index (χ0) is 10.0. The van der Waals surface area contributed by atoms with E-state index in [1.807, 2.05) is 0 Å². The van der Waals surface area contributed by atoms with Gasteiger partial charge in [-0.2, -0.15) is 0 Å². The summed E-state index contributed by atoms with van der Waals surface area (Å²) in [7, 11) is 1.39. The van der Waals surface area contributed by atoms with Gasteiger partial charge in [0.15, 0.2) is 5.75 Å². The summed E-state index contributed by atoms with van der Waals surface area (Å²) in [5.74, 6) is 0.290. The van der Waals surface area contributed by atoms with Gasteiger partial charge in [-0.3, -0.25) is 0 Å². The van der Waals surface area contributed by atoms with Gasteiger partial charge < -0.3 is 4.74 Å². The maximum absolute atomic E-state index is 12.4. The first-order chi connectivity index (χ1) is 6.07. The van der Waals surface area contributed by atoms with E-state index in [0.717, 1.165) is 0 Å². The lowest BCUT2D eigenvalue weighted by molar-refractivity contribution is 0.148. The standard InChI is InChI=1S/C7H5Br2F2NO/c1-13-3-2-12-6(9)4(5(3)8)7(10)11/h2,7H,1H3. The Morgan fingerprint density at radius 3 is 2.54 bits per heavy atom. The fourth-order valence-corrected chi connectivity index (χ4v) is 2.16. The molecule has 72 valence electrons. The minimum Gasteiger partial charge on any atom is -0.494 e. The molecule has 6 heteroatoms. The zero-order valence-corrected chi connectivity index (χ0v) is 9.69. The summed E-state index contributed by atoms with van der Waals surface area (Å²) in [6.45, 7) is 0. The first-order valence-corrected chi connectivity index (χ1v) is 4.82. The predicted molar refractivity (Wildman–Crippen MR) is 51.1 cm³/mol. The second-order valence-electron chi connectivity index (χ2n) is 2.15. The van der Waals surface area contributed by atoms with Gasteiger partial charge in [-0.05, 0) is 31.9 Å². The summed E-state index contributed by atoms with van der Waals surface area (Å²) in [5.41, 5.74) is -0.195. The van der Waals surface area contributed by atoms with Crippen molar-refractivity contribution in [2.75, 3.05) is 7.11 Å². The van der Waals surface area contributed by atoms with Crippen LogP contribution in [0.3, 0.4) is 0 Å². The lowest BCUT2D eigenvalue weighted by atomic mass is 10.3. The monoisotopic (exact) mass is 315 g/mol. The van der Waals surface area contributed by atoms with Crippen LogP contribution in [0.1, 0.15) is 12.0 Å². The minimum absolute atomic E-state index is 0.121. The Kier molecular flexibility index (Phi) is 3.61.